The maximum absolute atomic E-state index is 10.3. The van der Waals surface area contributed by atoms with Gasteiger partial charge in [0.25, 0.3) is 0 Å². The van der Waals surface area contributed by atoms with Crippen molar-refractivity contribution in [3.8, 4) is 0 Å². The third-order valence-electron chi connectivity index (χ3n) is 3.03. The number of aliphatic carboxylic acids is 2. The quantitative estimate of drug-likeness (QED) is 0.405. The molecule has 20 heavy (non-hydrogen) atoms. The molecule has 0 atom stereocenters. The smallest absolute Gasteiger partial charge is 0.303 e. The zero-order valence-electron chi connectivity index (χ0n) is 13.2. The van der Waals surface area contributed by atoms with Gasteiger partial charge in [0.15, 0.2) is 0 Å². The third-order valence-corrected chi connectivity index (χ3v) is 3.03. The fourth-order valence-electron chi connectivity index (χ4n) is 1.97. The topological polar surface area (TPSA) is 74.6 Å². The second-order valence-corrected chi connectivity index (χ2v) is 4.82. The molecule has 0 saturated heterocycles. The van der Waals surface area contributed by atoms with Crippen molar-refractivity contribution in [1.29, 1.82) is 0 Å². The SMILES string of the molecule is O=C(O)CCCCCCCCCCCCC(=O)O.[Na].[Na]. The number of carbonyl (C=O) groups is 2. The standard InChI is InChI=1S/C14H26O4.2Na/c15-13(16)11-9-7-5-3-1-2-4-6-8-10-12-14(17)18;;/h1-12H2,(H,15,16)(H,17,18);;. The van der Waals surface area contributed by atoms with Gasteiger partial charge in [-0.15, -0.1) is 0 Å². The summed E-state index contributed by atoms with van der Waals surface area (Å²) in [5, 5.41) is 16.9. The summed E-state index contributed by atoms with van der Waals surface area (Å²) in [6.45, 7) is 0. The summed E-state index contributed by atoms with van der Waals surface area (Å²) in [5.41, 5.74) is 0. The van der Waals surface area contributed by atoms with Gasteiger partial charge < -0.3 is 10.2 Å². The molecule has 0 aliphatic carbocycles. The number of unbranched alkanes of at least 4 members (excludes halogenated alkanes) is 9. The van der Waals surface area contributed by atoms with Gasteiger partial charge in [0.05, 0.1) is 0 Å². The molecule has 0 saturated carbocycles. The molecule has 0 spiro atoms. The molecule has 0 rings (SSSR count). The van der Waals surface area contributed by atoms with Crippen LogP contribution in [-0.4, -0.2) is 81.3 Å². The Morgan fingerprint density at radius 2 is 0.700 bits per heavy atom. The molecule has 0 bridgehead atoms. The maximum Gasteiger partial charge on any atom is 0.303 e. The van der Waals surface area contributed by atoms with E-state index in [0.717, 1.165) is 38.5 Å². The Labute approximate surface area is 166 Å². The summed E-state index contributed by atoms with van der Waals surface area (Å²) in [6, 6.07) is 0. The second-order valence-electron chi connectivity index (χ2n) is 4.82. The molecule has 0 aromatic heterocycles. The van der Waals surface area contributed by atoms with E-state index in [9.17, 15) is 9.59 Å². The van der Waals surface area contributed by atoms with Gasteiger partial charge in [0, 0.05) is 72.0 Å². The average Bonchev–Trinajstić information content (AvgIpc) is 2.29. The molecule has 0 aliphatic heterocycles. The molecular formula is C14H26Na2O4. The molecule has 2 N–H and O–H groups in total. The number of carboxylic acid groups (broad SMARTS) is 2. The van der Waals surface area contributed by atoms with Gasteiger partial charge in [0.1, 0.15) is 0 Å². The fraction of sp³-hybridized carbons (Fsp3) is 0.857. The first-order chi connectivity index (χ1) is 8.63. The summed E-state index contributed by atoms with van der Waals surface area (Å²) >= 11 is 0. The number of hydrogen-bond acceptors (Lipinski definition) is 2. The molecule has 2 radical (unpaired) electrons. The van der Waals surface area contributed by atoms with E-state index in [0.29, 0.717) is 12.8 Å². The van der Waals surface area contributed by atoms with Crippen LogP contribution >= 0.6 is 0 Å². The molecule has 0 amide bonds. The zero-order valence-corrected chi connectivity index (χ0v) is 17.2. The monoisotopic (exact) mass is 304 g/mol. The van der Waals surface area contributed by atoms with E-state index in [1.807, 2.05) is 0 Å². The summed E-state index contributed by atoms with van der Waals surface area (Å²) in [5.74, 6) is -1.40. The van der Waals surface area contributed by atoms with Crippen LogP contribution in [0.25, 0.3) is 0 Å². The van der Waals surface area contributed by atoms with Gasteiger partial charge in [0.2, 0.25) is 0 Å². The van der Waals surface area contributed by atoms with Crippen molar-refractivity contribution in [2.75, 3.05) is 0 Å². The Morgan fingerprint density at radius 3 is 0.900 bits per heavy atom. The summed E-state index contributed by atoms with van der Waals surface area (Å²) in [4.78, 5) is 20.5. The number of hydrogen-bond donors (Lipinski definition) is 2. The van der Waals surface area contributed by atoms with E-state index in [1.54, 1.807) is 0 Å². The minimum atomic E-state index is -0.698. The van der Waals surface area contributed by atoms with E-state index < -0.39 is 11.9 Å². The van der Waals surface area contributed by atoms with Crippen LogP contribution < -0.4 is 0 Å². The van der Waals surface area contributed by atoms with Crippen LogP contribution in [0.3, 0.4) is 0 Å². The minimum Gasteiger partial charge on any atom is -0.481 e. The van der Waals surface area contributed by atoms with E-state index in [-0.39, 0.29) is 59.1 Å². The van der Waals surface area contributed by atoms with Crippen LogP contribution in [0.4, 0.5) is 0 Å². The van der Waals surface area contributed by atoms with Crippen molar-refractivity contribution in [3.05, 3.63) is 0 Å². The largest absolute Gasteiger partial charge is 0.481 e. The van der Waals surface area contributed by atoms with Crippen molar-refractivity contribution in [2.24, 2.45) is 0 Å². The van der Waals surface area contributed by atoms with Crippen LogP contribution in [0.5, 0.6) is 0 Å². The van der Waals surface area contributed by atoms with Crippen molar-refractivity contribution < 1.29 is 19.8 Å². The summed E-state index contributed by atoms with van der Waals surface area (Å²) < 4.78 is 0. The number of rotatable bonds is 13. The first-order valence-electron chi connectivity index (χ1n) is 7.06. The molecule has 0 aromatic rings. The second kappa shape index (κ2) is 19.9. The Kier molecular flexibility index (Phi) is 25.8. The molecule has 6 heteroatoms. The number of carboxylic acids is 2. The van der Waals surface area contributed by atoms with Crippen molar-refractivity contribution in [1.82, 2.24) is 0 Å². The normalized spacial score (nSPS) is 9.40. The first-order valence-corrected chi connectivity index (χ1v) is 7.06. The van der Waals surface area contributed by atoms with Crippen LogP contribution in [-0.2, 0) is 9.59 Å². The molecular weight excluding hydrogens is 278 g/mol. The van der Waals surface area contributed by atoms with Crippen LogP contribution in [0.2, 0.25) is 0 Å². The molecule has 108 valence electrons. The molecule has 0 unspecified atom stereocenters. The predicted octanol–water partition coefficient (Wildman–Crippen LogP) is 3.08. The Morgan fingerprint density at radius 1 is 0.500 bits per heavy atom. The van der Waals surface area contributed by atoms with E-state index in [1.165, 1.54) is 25.7 Å². The van der Waals surface area contributed by atoms with Gasteiger partial charge in [-0.3, -0.25) is 9.59 Å². The third kappa shape index (κ3) is 24.0. The molecule has 0 aliphatic rings. The van der Waals surface area contributed by atoms with Crippen molar-refractivity contribution >= 4 is 71.1 Å². The van der Waals surface area contributed by atoms with E-state index in [4.69, 9.17) is 10.2 Å². The predicted molar refractivity (Wildman–Crippen MR) is 82.2 cm³/mol. The molecule has 0 aromatic carbocycles. The Bertz CT molecular complexity index is 211. The summed E-state index contributed by atoms with van der Waals surface area (Å²) in [7, 11) is 0. The molecule has 0 fully saturated rings. The minimum absolute atomic E-state index is 0. The van der Waals surface area contributed by atoms with Gasteiger partial charge in [-0.05, 0) is 12.8 Å². The maximum atomic E-state index is 10.3. The molecule has 0 heterocycles. The zero-order chi connectivity index (χ0) is 13.6. The van der Waals surface area contributed by atoms with Crippen LogP contribution in [0.15, 0.2) is 0 Å². The Balaban J connectivity index is -0.00000144. The van der Waals surface area contributed by atoms with Crippen LogP contribution in [0, 0.1) is 0 Å². The average molecular weight is 304 g/mol. The Hall–Kier alpha value is 0.940. The van der Waals surface area contributed by atoms with Gasteiger partial charge >= 0.3 is 11.9 Å². The summed E-state index contributed by atoms with van der Waals surface area (Å²) in [6.07, 6.45) is 11.3. The fourth-order valence-corrected chi connectivity index (χ4v) is 1.97. The first kappa shape index (κ1) is 25.9. The molecule has 4 nitrogen and oxygen atoms in total. The van der Waals surface area contributed by atoms with Gasteiger partial charge in [-0.25, -0.2) is 0 Å². The van der Waals surface area contributed by atoms with Crippen LogP contribution in [0.1, 0.15) is 77.0 Å². The van der Waals surface area contributed by atoms with Gasteiger partial charge in [-0.1, -0.05) is 51.4 Å². The van der Waals surface area contributed by atoms with Crippen molar-refractivity contribution in [3.63, 3.8) is 0 Å². The van der Waals surface area contributed by atoms with Crippen molar-refractivity contribution in [2.45, 2.75) is 77.0 Å². The van der Waals surface area contributed by atoms with E-state index in [2.05, 4.69) is 0 Å². The van der Waals surface area contributed by atoms with E-state index >= 15 is 0 Å². The van der Waals surface area contributed by atoms with Gasteiger partial charge in [-0.2, -0.15) is 0 Å².